The Morgan fingerprint density at radius 3 is 3.14 bits per heavy atom. The Morgan fingerprint density at radius 2 is 2.50 bits per heavy atom. The zero-order valence-corrected chi connectivity index (χ0v) is 8.34. The van der Waals surface area contributed by atoms with E-state index < -0.39 is 0 Å². The van der Waals surface area contributed by atoms with Gasteiger partial charge in [-0.05, 0) is 12.1 Å². The molecule has 3 nitrogen and oxygen atoms in total. The van der Waals surface area contributed by atoms with Crippen molar-refractivity contribution in [2.75, 3.05) is 7.11 Å². The molecule has 0 N–H and O–H groups in total. The summed E-state index contributed by atoms with van der Waals surface area (Å²) in [6, 6.07) is 3.35. The highest BCUT2D eigenvalue weighted by molar-refractivity contribution is 6.29. The summed E-state index contributed by atoms with van der Waals surface area (Å²) in [4.78, 5) is 14.5. The van der Waals surface area contributed by atoms with Crippen LogP contribution >= 0.6 is 11.6 Å². The SMILES string of the molecule is COC(=O)CC#Cc1ccnc(Cl)c1. The van der Waals surface area contributed by atoms with Gasteiger partial charge in [0.1, 0.15) is 11.6 Å². The van der Waals surface area contributed by atoms with Crippen LogP contribution in [0.4, 0.5) is 0 Å². The molecule has 0 radical (unpaired) electrons. The Kier molecular flexibility index (Phi) is 3.96. The van der Waals surface area contributed by atoms with Gasteiger partial charge in [0.2, 0.25) is 0 Å². The van der Waals surface area contributed by atoms with Crippen molar-refractivity contribution < 1.29 is 9.53 Å². The quantitative estimate of drug-likeness (QED) is 0.401. The number of methoxy groups -OCH3 is 1. The first-order valence-corrected chi connectivity index (χ1v) is 4.27. The summed E-state index contributed by atoms with van der Waals surface area (Å²) in [6.45, 7) is 0. The average Bonchev–Trinajstić information content (AvgIpc) is 2.17. The van der Waals surface area contributed by atoms with Crippen LogP contribution in [0.15, 0.2) is 18.3 Å². The molecule has 1 heterocycles. The molecule has 0 spiro atoms. The fourth-order valence-corrected chi connectivity index (χ4v) is 0.945. The summed E-state index contributed by atoms with van der Waals surface area (Å²) in [6.07, 6.45) is 1.64. The first-order valence-electron chi connectivity index (χ1n) is 3.89. The number of rotatable bonds is 1. The molecule has 14 heavy (non-hydrogen) atoms. The Labute approximate surface area is 87.1 Å². The number of halogens is 1. The molecule has 0 saturated carbocycles. The number of esters is 1. The maximum Gasteiger partial charge on any atom is 0.317 e. The highest BCUT2D eigenvalue weighted by Crippen LogP contribution is 2.05. The molecule has 0 aliphatic carbocycles. The number of hydrogen-bond donors (Lipinski definition) is 0. The number of hydrogen-bond acceptors (Lipinski definition) is 3. The number of nitrogens with zero attached hydrogens (tertiary/aromatic N) is 1. The van der Waals surface area contributed by atoms with Crippen molar-refractivity contribution in [3.05, 3.63) is 29.0 Å². The topological polar surface area (TPSA) is 39.2 Å². The fourth-order valence-electron chi connectivity index (χ4n) is 0.771. The van der Waals surface area contributed by atoms with Gasteiger partial charge in [0, 0.05) is 11.8 Å². The van der Waals surface area contributed by atoms with Crippen LogP contribution in [0.1, 0.15) is 12.0 Å². The second-order valence-corrected chi connectivity index (χ2v) is 2.81. The third kappa shape index (κ3) is 3.46. The normalized spacial score (nSPS) is 8.71. The molecular formula is C10H8ClNO2. The van der Waals surface area contributed by atoms with E-state index in [1.807, 2.05) is 0 Å². The lowest BCUT2D eigenvalue weighted by Gasteiger charge is -1.91. The van der Waals surface area contributed by atoms with E-state index in [0.29, 0.717) is 5.15 Å². The largest absolute Gasteiger partial charge is 0.468 e. The molecule has 0 bridgehead atoms. The molecule has 0 unspecified atom stereocenters. The smallest absolute Gasteiger partial charge is 0.317 e. The maximum atomic E-state index is 10.7. The predicted octanol–water partition coefficient (Wildman–Crippen LogP) is 1.65. The van der Waals surface area contributed by atoms with Crippen molar-refractivity contribution in [1.82, 2.24) is 4.98 Å². The van der Waals surface area contributed by atoms with Gasteiger partial charge in [-0.25, -0.2) is 4.98 Å². The summed E-state index contributed by atoms with van der Waals surface area (Å²) in [7, 11) is 1.33. The third-order valence-electron chi connectivity index (χ3n) is 1.42. The fraction of sp³-hybridized carbons (Fsp3) is 0.200. The molecular weight excluding hydrogens is 202 g/mol. The average molecular weight is 210 g/mol. The van der Waals surface area contributed by atoms with Gasteiger partial charge in [0.15, 0.2) is 0 Å². The van der Waals surface area contributed by atoms with E-state index in [9.17, 15) is 4.79 Å². The molecule has 0 saturated heterocycles. The van der Waals surface area contributed by atoms with E-state index in [1.165, 1.54) is 7.11 Å². The lowest BCUT2D eigenvalue weighted by atomic mass is 10.2. The summed E-state index contributed by atoms with van der Waals surface area (Å²) in [5, 5.41) is 0.384. The van der Waals surface area contributed by atoms with Crippen molar-refractivity contribution >= 4 is 17.6 Å². The van der Waals surface area contributed by atoms with Crippen LogP contribution in [-0.2, 0) is 9.53 Å². The molecule has 0 fully saturated rings. The minimum Gasteiger partial charge on any atom is -0.468 e. The molecule has 4 heteroatoms. The van der Waals surface area contributed by atoms with E-state index in [4.69, 9.17) is 11.6 Å². The summed E-state index contributed by atoms with van der Waals surface area (Å²) in [5.41, 5.74) is 0.730. The van der Waals surface area contributed by atoms with Crippen molar-refractivity contribution in [3.63, 3.8) is 0 Å². The summed E-state index contributed by atoms with van der Waals surface area (Å²) < 4.78 is 4.43. The highest BCUT2D eigenvalue weighted by Gasteiger charge is 1.94. The van der Waals surface area contributed by atoms with Gasteiger partial charge in [0.25, 0.3) is 0 Å². The Hall–Kier alpha value is -1.53. The first-order chi connectivity index (χ1) is 6.72. The first kappa shape index (κ1) is 10.6. The molecule has 1 aromatic rings. The lowest BCUT2D eigenvalue weighted by Crippen LogP contribution is -1.96. The summed E-state index contributed by atoms with van der Waals surface area (Å²) in [5.74, 6) is 5.09. The van der Waals surface area contributed by atoms with Gasteiger partial charge in [-0.2, -0.15) is 0 Å². The van der Waals surface area contributed by atoms with Crippen molar-refractivity contribution in [1.29, 1.82) is 0 Å². The van der Waals surface area contributed by atoms with Gasteiger partial charge < -0.3 is 4.74 Å². The molecule has 0 atom stereocenters. The molecule has 0 aromatic carbocycles. The van der Waals surface area contributed by atoms with Crippen LogP contribution in [0.3, 0.4) is 0 Å². The van der Waals surface area contributed by atoms with Gasteiger partial charge in [-0.15, -0.1) is 0 Å². The zero-order chi connectivity index (χ0) is 10.4. The van der Waals surface area contributed by atoms with Crippen LogP contribution in [-0.4, -0.2) is 18.1 Å². The van der Waals surface area contributed by atoms with Crippen LogP contribution < -0.4 is 0 Å². The number of aromatic nitrogens is 1. The maximum absolute atomic E-state index is 10.7. The standard InChI is InChI=1S/C10H8ClNO2/c1-14-10(13)4-2-3-8-5-6-12-9(11)7-8/h5-7H,4H2,1H3. The van der Waals surface area contributed by atoms with E-state index in [1.54, 1.807) is 18.3 Å². The highest BCUT2D eigenvalue weighted by atomic mass is 35.5. The molecule has 1 rings (SSSR count). The second kappa shape index (κ2) is 5.25. The van der Waals surface area contributed by atoms with Crippen LogP contribution in [0, 0.1) is 11.8 Å². The number of ether oxygens (including phenoxy) is 1. The van der Waals surface area contributed by atoms with E-state index >= 15 is 0 Å². The van der Waals surface area contributed by atoms with Crippen molar-refractivity contribution in [2.45, 2.75) is 6.42 Å². The predicted molar refractivity (Wildman–Crippen MR) is 52.8 cm³/mol. The van der Waals surface area contributed by atoms with Crippen molar-refractivity contribution in [3.8, 4) is 11.8 Å². The monoisotopic (exact) mass is 209 g/mol. The summed E-state index contributed by atoms with van der Waals surface area (Å²) >= 11 is 5.64. The van der Waals surface area contributed by atoms with Crippen molar-refractivity contribution in [2.24, 2.45) is 0 Å². The molecule has 1 aromatic heterocycles. The van der Waals surface area contributed by atoms with Gasteiger partial charge >= 0.3 is 5.97 Å². The number of carbonyl (C=O) groups excluding carboxylic acids is 1. The Morgan fingerprint density at radius 1 is 1.71 bits per heavy atom. The zero-order valence-electron chi connectivity index (χ0n) is 7.58. The molecule has 0 aliphatic heterocycles. The lowest BCUT2D eigenvalue weighted by molar-refractivity contribution is -0.139. The van der Waals surface area contributed by atoms with E-state index in [2.05, 4.69) is 21.6 Å². The minimum absolute atomic E-state index is 0.0798. The number of carbonyl (C=O) groups is 1. The number of pyridine rings is 1. The van der Waals surface area contributed by atoms with Gasteiger partial charge in [0.05, 0.1) is 7.11 Å². The molecule has 72 valence electrons. The van der Waals surface area contributed by atoms with Crippen LogP contribution in [0.5, 0.6) is 0 Å². The van der Waals surface area contributed by atoms with E-state index in [-0.39, 0.29) is 12.4 Å². The molecule has 0 amide bonds. The third-order valence-corrected chi connectivity index (χ3v) is 1.63. The minimum atomic E-state index is -0.349. The Balaban J connectivity index is 2.64. The Bertz CT molecular complexity index is 393. The van der Waals surface area contributed by atoms with E-state index in [0.717, 1.165) is 5.56 Å². The second-order valence-electron chi connectivity index (χ2n) is 2.42. The molecule has 0 aliphatic rings. The van der Waals surface area contributed by atoms with Gasteiger partial charge in [-0.1, -0.05) is 23.4 Å². The van der Waals surface area contributed by atoms with Gasteiger partial charge in [-0.3, -0.25) is 4.79 Å². The van der Waals surface area contributed by atoms with Crippen LogP contribution in [0.2, 0.25) is 5.15 Å². The van der Waals surface area contributed by atoms with Crippen LogP contribution in [0.25, 0.3) is 0 Å².